The summed E-state index contributed by atoms with van der Waals surface area (Å²) in [5.74, 6) is 0.898. The number of fused-ring (bicyclic) bond motifs is 1. The van der Waals surface area contributed by atoms with E-state index in [0.717, 1.165) is 39.5 Å². The molecule has 5 heteroatoms. The van der Waals surface area contributed by atoms with E-state index < -0.39 is 0 Å². The lowest BCUT2D eigenvalue weighted by Crippen LogP contribution is -2.17. The molecule has 0 aliphatic heterocycles. The normalized spacial score (nSPS) is 11.1. The number of aromatic nitrogens is 2. The molecule has 1 heterocycles. The monoisotopic (exact) mass is 519 g/mol. The number of hydrogen-bond donors (Lipinski definition) is 0. The van der Waals surface area contributed by atoms with Crippen LogP contribution in [-0.4, -0.2) is 9.55 Å². The van der Waals surface area contributed by atoms with Crippen LogP contribution in [0.4, 0.5) is 11.4 Å². The fraction of sp³-hybridized carbons (Fsp3) is 0.0312. The van der Waals surface area contributed by atoms with Crippen LogP contribution in [0, 0.1) is 0 Å². The Bertz CT molecular complexity index is 1660. The van der Waals surface area contributed by atoms with E-state index in [0.29, 0.717) is 16.6 Å². The maximum Gasteiger partial charge on any atom is 0.145 e. The van der Waals surface area contributed by atoms with E-state index in [1.807, 2.05) is 66.7 Å². The fourth-order valence-corrected chi connectivity index (χ4v) is 5.03. The summed E-state index contributed by atoms with van der Waals surface area (Å²) in [6.07, 6.45) is 0. The van der Waals surface area contributed by atoms with Crippen LogP contribution in [-0.2, 0) is 6.54 Å². The number of hydrogen-bond acceptors (Lipinski definition) is 2. The summed E-state index contributed by atoms with van der Waals surface area (Å²) in [5, 5.41) is 1.07. The number of benzene rings is 5. The highest BCUT2D eigenvalue weighted by molar-refractivity contribution is 6.43. The first-order valence-electron chi connectivity index (χ1n) is 12.1. The molecule has 0 amide bonds. The lowest BCUT2D eigenvalue weighted by atomic mass is 10.1. The fourth-order valence-electron chi connectivity index (χ4n) is 4.63. The molecule has 1 aromatic heterocycles. The third kappa shape index (κ3) is 4.60. The van der Waals surface area contributed by atoms with E-state index >= 15 is 0 Å². The second-order valence-corrected chi connectivity index (χ2v) is 9.57. The SMILES string of the molecule is Clc1cccc(N(Cc2ccccc2)c2ccc(-c3nc4ccccc4n3-c3ccccc3)cc2)c1Cl. The Morgan fingerprint density at radius 1 is 0.649 bits per heavy atom. The molecule has 0 N–H and O–H groups in total. The van der Waals surface area contributed by atoms with Gasteiger partial charge in [-0.1, -0.05) is 89.9 Å². The molecule has 0 radical (unpaired) electrons. The minimum Gasteiger partial charge on any atom is -0.336 e. The summed E-state index contributed by atoms with van der Waals surface area (Å²) >= 11 is 13.1. The molecule has 0 saturated carbocycles. The van der Waals surface area contributed by atoms with Gasteiger partial charge in [-0.2, -0.15) is 0 Å². The van der Waals surface area contributed by atoms with Crippen LogP contribution in [0.5, 0.6) is 0 Å². The maximum absolute atomic E-state index is 6.68. The molecule has 3 nitrogen and oxygen atoms in total. The van der Waals surface area contributed by atoms with E-state index in [1.165, 1.54) is 5.56 Å². The van der Waals surface area contributed by atoms with Crippen LogP contribution in [0.3, 0.4) is 0 Å². The van der Waals surface area contributed by atoms with Gasteiger partial charge in [0.05, 0.1) is 26.8 Å². The highest BCUT2D eigenvalue weighted by Crippen LogP contribution is 2.38. The van der Waals surface area contributed by atoms with Gasteiger partial charge in [0.1, 0.15) is 5.82 Å². The maximum atomic E-state index is 6.68. The Kier molecular flexibility index (Phi) is 6.40. The summed E-state index contributed by atoms with van der Waals surface area (Å²) < 4.78 is 2.21. The molecule has 0 aliphatic carbocycles. The summed E-state index contributed by atoms with van der Waals surface area (Å²) in [6.45, 7) is 0.656. The number of halogens is 2. The first kappa shape index (κ1) is 23.4. The van der Waals surface area contributed by atoms with Gasteiger partial charge in [-0.25, -0.2) is 4.98 Å². The van der Waals surface area contributed by atoms with Gasteiger partial charge in [0.15, 0.2) is 0 Å². The Morgan fingerprint density at radius 3 is 2.08 bits per heavy atom. The Balaban J connectivity index is 1.45. The molecule has 0 aliphatic rings. The minimum absolute atomic E-state index is 0.533. The van der Waals surface area contributed by atoms with Gasteiger partial charge in [-0.15, -0.1) is 0 Å². The Morgan fingerprint density at radius 2 is 1.32 bits per heavy atom. The number of imidazole rings is 1. The predicted octanol–water partition coefficient (Wildman–Crippen LogP) is 9.34. The van der Waals surface area contributed by atoms with E-state index in [2.05, 4.69) is 70.1 Å². The second kappa shape index (κ2) is 10.1. The average Bonchev–Trinajstić information content (AvgIpc) is 3.34. The quantitative estimate of drug-likeness (QED) is 0.218. The third-order valence-corrected chi connectivity index (χ3v) is 7.23. The van der Waals surface area contributed by atoms with Gasteiger partial charge >= 0.3 is 0 Å². The molecule has 0 fully saturated rings. The summed E-state index contributed by atoms with van der Waals surface area (Å²) in [7, 11) is 0. The predicted molar refractivity (Wildman–Crippen MR) is 155 cm³/mol. The van der Waals surface area contributed by atoms with Crippen molar-refractivity contribution in [3.05, 3.63) is 143 Å². The molecule has 180 valence electrons. The molecule has 0 spiro atoms. The topological polar surface area (TPSA) is 21.1 Å². The molecule has 5 aromatic carbocycles. The Labute approximate surface area is 226 Å². The smallest absolute Gasteiger partial charge is 0.145 e. The summed E-state index contributed by atoms with van der Waals surface area (Å²) in [5.41, 5.74) is 7.19. The van der Waals surface area contributed by atoms with Gasteiger partial charge in [0, 0.05) is 23.5 Å². The highest BCUT2D eigenvalue weighted by Gasteiger charge is 2.18. The summed E-state index contributed by atoms with van der Waals surface area (Å²) in [4.78, 5) is 7.18. The molecule has 0 saturated heterocycles. The van der Waals surface area contributed by atoms with E-state index in [9.17, 15) is 0 Å². The van der Waals surface area contributed by atoms with Gasteiger partial charge in [0.2, 0.25) is 0 Å². The van der Waals surface area contributed by atoms with Crippen LogP contribution < -0.4 is 4.90 Å². The number of para-hydroxylation sites is 3. The van der Waals surface area contributed by atoms with Crippen molar-refractivity contribution >= 4 is 45.6 Å². The lowest BCUT2D eigenvalue weighted by molar-refractivity contribution is 0.975. The van der Waals surface area contributed by atoms with Crippen molar-refractivity contribution in [1.29, 1.82) is 0 Å². The van der Waals surface area contributed by atoms with Crippen LogP contribution in [0.1, 0.15) is 5.56 Å². The molecular formula is C32H23Cl2N3. The molecule has 6 aromatic rings. The highest BCUT2D eigenvalue weighted by atomic mass is 35.5. The van der Waals surface area contributed by atoms with Crippen molar-refractivity contribution in [3.8, 4) is 17.1 Å². The zero-order valence-corrected chi connectivity index (χ0v) is 21.4. The third-order valence-electron chi connectivity index (χ3n) is 6.42. The van der Waals surface area contributed by atoms with Gasteiger partial charge in [-0.05, 0) is 66.2 Å². The molecule has 0 atom stereocenters. The standard InChI is InChI=1S/C32H23Cl2N3/c33-27-14-9-17-30(31(27)34)36(22-23-10-3-1-4-11-23)25-20-18-24(19-21-25)32-35-28-15-7-8-16-29(28)37(32)26-12-5-2-6-13-26/h1-21H,22H2. The van der Waals surface area contributed by atoms with Crippen molar-refractivity contribution in [1.82, 2.24) is 9.55 Å². The number of nitrogens with zero attached hydrogens (tertiary/aromatic N) is 3. The van der Waals surface area contributed by atoms with Crippen molar-refractivity contribution in [2.75, 3.05) is 4.90 Å². The van der Waals surface area contributed by atoms with E-state index in [4.69, 9.17) is 28.2 Å². The van der Waals surface area contributed by atoms with Crippen molar-refractivity contribution in [3.63, 3.8) is 0 Å². The van der Waals surface area contributed by atoms with Gasteiger partial charge in [-0.3, -0.25) is 4.57 Å². The molecule has 0 bridgehead atoms. The number of rotatable bonds is 6. The molecule has 0 unspecified atom stereocenters. The molecular weight excluding hydrogens is 497 g/mol. The second-order valence-electron chi connectivity index (χ2n) is 8.79. The minimum atomic E-state index is 0.533. The van der Waals surface area contributed by atoms with E-state index in [-0.39, 0.29) is 0 Å². The first-order chi connectivity index (χ1) is 18.2. The zero-order valence-electron chi connectivity index (χ0n) is 19.9. The van der Waals surface area contributed by atoms with Gasteiger partial charge < -0.3 is 4.90 Å². The average molecular weight is 520 g/mol. The zero-order chi connectivity index (χ0) is 25.2. The Hall–Kier alpha value is -4.05. The molecule has 37 heavy (non-hydrogen) atoms. The first-order valence-corrected chi connectivity index (χ1v) is 12.8. The largest absolute Gasteiger partial charge is 0.336 e. The van der Waals surface area contributed by atoms with Crippen LogP contribution in [0.2, 0.25) is 10.0 Å². The summed E-state index contributed by atoms with van der Waals surface area (Å²) in [6, 6.07) is 43.1. The van der Waals surface area contributed by atoms with Crippen LogP contribution in [0.25, 0.3) is 28.1 Å². The number of anilines is 2. The lowest BCUT2D eigenvalue weighted by Gasteiger charge is -2.27. The van der Waals surface area contributed by atoms with Crippen molar-refractivity contribution < 1.29 is 0 Å². The molecule has 6 rings (SSSR count). The van der Waals surface area contributed by atoms with Crippen molar-refractivity contribution in [2.24, 2.45) is 0 Å². The van der Waals surface area contributed by atoms with Crippen LogP contribution >= 0.6 is 23.2 Å². The van der Waals surface area contributed by atoms with Crippen molar-refractivity contribution in [2.45, 2.75) is 6.54 Å². The van der Waals surface area contributed by atoms with Gasteiger partial charge in [0.25, 0.3) is 0 Å². The van der Waals surface area contributed by atoms with E-state index in [1.54, 1.807) is 0 Å². The van der Waals surface area contributed by atoms with Crippen LogP contribution in [0.15, 0.2) is 127 Å².